The highest BCUT2D eigenvalue weighted by atomic mass is 32.2. The van der Waals surface area contributed by atoms with Crippen LogP contribution in [-0.2, 0) is 29.5 Å². The third-order valence-corrected chi connectivity index (χ3v) is 16.8. The molecule has 4 aromatic carbocycles. The van der Waals surface area contributed by atoms with Crippen LogP contribution in [0.1, 0.15) is 0 Å². The molecule has 18 nitrogen and oxygen atoms in total. The molecule has 12 rings (SSSR count). The Bertz CT molecular complexity index is 3620. The second-order valence-corrected chi connectivity index (χ2v) is 21.4. The van der Waals surface area contributed by atoms with Crippen molar-refractivity contribution >= 4 is 54.4 Å². The lowest BCUT2D eigenvalue weighted by Gasteiger charge is -2.34. The van der Waals surface area contributed by atoms with E-state index < -0.39 is 20.0 Å². The van der Waals surface area contributed by atoms with Gasteiger partial charge in [-0.05, 0) is 107 Å². The first kappa shape index (κ1) is 46.8. The molecule has 0 bridgehead atoms. The minimum absolute atomic E-state index is 0.166. The first-order valence-electron chi connectivity index (χ1n) is 23.9. The fourth-order valence-electron chi connectivity index (χ4n) is 9.22. The molecule has 10 aromatic rings. The maximum Gasteiger partial charge on any atom is 0.267 e. The molecular weight excluding hydrogens is 977 g/mol. The number of anilines is 4. The van der Waals surface area contributed by atoms with Gasteiger partial charge in [0.05, 0.1) is 82.4 Å². The van der Waals surface area contributed by atoms with Gasteiger partial charge in [0.1, 0.15) is 0 Å². The van der Waals surface area contributed by atoms with Gasteiger partial charge in [0.2, 0.25) is 20.0 Å². The lowest BCUT2D eigenvalue weighted by atomic mass is 10.1. The van der Waals surface area contributed by atoms with Crippen LogP contribution in [0.2, 0.25) is 0 Å². The van der Waals surface area contributed by atoms with Gasteiger partial charge in [-0.25, -0.2) is 45.9 Å². The Balaban J connectivity index is 1.02. The second kappa shape index (κ2) is 19.6. The molecule has 0 N–H and O–H groups in total. The monoisotopic (exact) mass is 1020 g/mol. The molecule has 0 atom stereocenters. The minimum atomic E-state index is -3.81. The molecule has 74 heavy (non-hydrogen) atoms. The van der Waals surface area contributed by atoms with Crippen molar-refractivity contribution in [1.82, 2.24) is 47.8 Å². The molecule has 0 radical (unpaired) electrons. The summed E-state index contributed by atoms with van der Waals surface area (Å²) in [6, 6.07) is 44.9. The molecule has 0 unspecified atom stereocenters. The van der Waals surface area contributed by atoms with Crippen molar-refractivity contribution in [2.24, 2.45) is 0 Å². The summed E-state index contributed by atoms with van der Waals surface area (Å²) in [5.74, 6) is 0.435. The largest absolute Gasteiger partial charge is 0.379 e. The van der Waals surface area contributed by atoms with Gasteiger partial charge in [-0.3, -0.25) is 9.97 Å². The predicted octanol–water partition coefficient (Wildman–Crippen LogP) is 8.16. The summed E-state index contributed by atoms with van der Waals surface area (Å²) in [7, 11) is -7.62. The number of fused-ring (bicyclic) bond motifs is 2. The zero-order valence-corrected chi connectivity index (χ0v) is 41.2. The van der Waals surface area contributed by atoms with E-state index in [0.29, 0.717) is 71.4 Å². The lowest BCUT2D eigenvalue weighted by Crippen LogP contribution is -2.40. The molecule has 2 aliphatic heterocycles. The highest BCUT2D eigenvalue weighted by Crippen LogP contribution is 2.37. The summed E-state index contributed by atoms with van der Waals surface area (Å²) in [4.78, 5) is 19.0. The SMILES string of the molecule is O=S(=O)(c1cccc(-c2ccc3cnc(N(c4ccc(-c5cccnc5)cc4)N(c4ccc(-c5cccnc5)cc4)c4ncc5ccc(-c6cccc(S(=O)(=O)N7CCOCC7)c6)n5n4)nn23)c1)N1CCOCC1. The molecule has 2 fully saturated rings. The fourth-order valence-corrected chi connectivity index (χ4v) is 12.1. The minimum Gasteiger partial charge on any atom is -0.379 e. The molecular formula is C54H46N12O6S2. The average molecular weight is 1020 g/mol. The Hall–Kier alpha value is -8.24. The van der Waals surface area contributed by atoms with Gasteiger partial charge in [0.25, 0.3) is 11.9 Å². The number of ether oxygens (including phenoxy) is 2. The van der Waals surface area contributed by atoms with Gasteiger partial charge in [-0.15, -0.1) is 10.2 Å². The molecule has 20 heteroatoms. The predicted molar refractivity (Wildman–Crippen MR) is 280 cm³/mol. The number of pyridine rings is 2. The number of aromatic nitrogens is 8. The molecule has 0 spiro atoms. The van der Waals surface area contributed by atoms with Crippen LogP contribution in [-0.4, -0.2) is 117 Å². The number of hydrogen-bond acceptors (Lipinski definition) is 14. The number of sulfonamides is 2. The van der Waals surface area contributed by atoms with E-state index in [4.69, 9.17) is 29.6 Å². The topological polar surface area (TPSA) is 186 Å². The second-order valence-electron chi connectivity index (χ2n) is 17.5. The molecule has 0 saturated carbocycles. The standard InChI is InChI=1S/C54H46N12O6S2/c67-73(68,61-25-29-71-30-26-61)49-9-1-5-41(33-49)51-21-19-47-37-57-53(59-63(47)51)65(45-15-11-39(12-16-45)43-7-3-23-55-35-43)66(46-17-13-40(14-18-46)44-8-4-24-56-36-44)54-58-38-48-20-22-52(64(48)60-54)42-6-2-10-50(34-42)74(69,70)62-27-31-72-32-28-62/h1-24,33-38H,25-32H2. The quantitative estimate of drug-likeness (QED) is 0.101. The Kier molecular flexibility index (Phi) is 12.4. The summed E-state index contributed by atoms with van der Waals surface area (Å²) in [5, 5.41) is 14.1. The first-order chi connectivity index (χ1) is 36.2. The molecule has 6 aromatic heterocycles. The third-order valence-electron chi connectivity index (χ3n) is 13.0. The van der Waals surface area contributed by atoms with E-state index in [1.165, 1.54) is 8.61 Å². The Morgan fingerprint density at radius 2 is 0.824 bits per heavy atom. The number of nitrogens with zero attached hydrogens (tertiary/aromatic N) is 12. The van der Waals surface area contributed by atoms with Crippen molar-refractivity contribution in [3.8, 4) is 44.8 Å². The van der Waals surface area contributed by atoms with Crippen molar-refractivity contribution in [3.63, 3.8) is 0 Å². The van der Waals surface area contributed by atoms with Crippen LogP contribution >= 0.6 is 0 Å². The van der Waals surface area contributed by atoms with E-state index in [-0.39, 0.29) is 47.9 Å². The van der Waals surface area contributed by atoms with Crippen LogP contribution in [0.15, 0.2) is 193 Å². The van der Waals surface area contributed by atoms with Gasteiger partial charge in [-0.2, -0.15) is 8.61 Å². The van der Waals surface area contributed by atoms with Gasteiger partial charge in [0, 0.05) is 62.1 Å². The molecule has 2 saturated heterocycles. The summed E-state index contributed by atoms with van der Waals surface area (Å²) in [6.45, 7) is 2.41. The van der Waals surface area contributed by atoms with Crippen molar-refractivity contribution < 1.29 is 26.3 Å². The lowest BCUT2D eigenvalue weighted by molar-refractivity contribution is 0.0730. The molecule has 0 aliphatic carbocycles. The van der Waals surface area contributed by atoms with Crippen LogP contribution in [0.25, 0.3) is 55.8 Å². The summed E-state index contributed by atoms with van der Waals surface area (Å²) in [6.07, 6.45) is 10.5. The van der Waals surface area contributed by atoms with E-state index >= 15 is 0 Å². The molecule has 2 aliphatic rings. The summed E-state index contributed by atoms with van der Waals surface area (Å²) < 4.78 is 72.9. The van der Waals surface area contributed by atoms with E-state index in [2.05, 4.69) is 9.97 Å². The maximum absolute atomic E-state index is 13.9. The zero-order chi connectivity index (χ0) is 50.2. The molecule has 8 heterocycles. The highest BCUT2D eigenvalue weighted by molar-refractivity contribution is 7.89. The smallest absolute Gasteiger partial charge is 0.267 e. The zero-order valence-electron chi connectivity index (χ0n) is 39.6. The normalized spacial score (nSPS) is 14.9. The maximum atomic E-state index is 13.9. The number of benzene rings is 4. The summed E-state index contributed by atoms with van der Waals surface area (Å²) in [5.41, 5.74) is 8.85. The van der Waals surface area contributed by atoms with Crippen LogP contribution < -0.4 is 10.0 Å². The number of hydrogen-bond donors (Lipinski definition) is 0. The van der Waals surface area contributed by atoms with Crippen LogP contribution in [0.4, 0.5) is 23.3 Å². The first-order valence-corrected chi connectivity index (χ1v) is 26.7. The van der Waals surface area contributed by atoms with Gasteiger partial charge in [-0.1, -0.05) is 60.7 Å². The van der Waals surface area contributed by atoms with Crippen molar-refractivity contribution in [2.45, 2.75) is 9.79 Å². The highest BCUT2D eigenvalue weighted by Gasteiger charge is 2.31. The van der Waals surface area contributed by atoms with Crippen LogP contribution in [0.5, 0.6) is 0 Å². The Morgan fingerprint density at radius 1 is 0.419 bits per heavy atom. The Morgan fingerprint density at radius 3 is 1.22 bits per heavy atom. The molecule has 0 amide bonds. The van der Waals surface area contributed by atoms with Crippen molar-refractivity contribution in [3.05, 3.63) is 183 Å². The van der Waals surface area contributed by atoms with Crippen molar-refractivity contribution in [1.29, 1.82) is 0 Å². The third kappa shape index (κ3) is 8.92. The van der Waals surface area contributed by atoms with Gasteiger partial charge < -0.3 is 9.47 Å². The van der Waals surface area contributed by atoms with Gasteiger partial charge in [0.15, 0.2) is 0 Å². The number of rotatable bonds is 13. The Labute approximate surface area is 426 Å². The van der Waals surface area contributed by atoms with Gasteiger partial charge >= 0.3 is 0 Å². The van der Waals surface area contributed by atoms with E-state index in [1.54, 1.807) is 82.6 Å². The van der Waals surface area contributed by atoms with E-state index in [9.17, 15) is 16.8 Å². The van der Waals surface area contributed by atoms with E-state index in [0.717, 1.165) is 22.3 Å². The summed E-state index contributed by atoms with van der Waals surface area (Å²) >= 11 is 0. The van der Waals surface area contributed by atoms with Crippen molar-refractivity contribution in [2.75, 3.05) is 62.6 Å². The molecule has 370 valence electrons. The van der Waals surface area contributed by atoms with Crippen LogP contribution in [0, 0.1) is 0 Å². The van der Waals surface area contributed by atoms with E-state index in [1.807, 2.05) is 119 Å². The number of hydrazine groups is 1. The average Bonchev–Trinajstić information content (AvgIpc) is 4.10. The fraction of sp³-hybridized carbons (Fsp3) is 0.148. The van der Waals surface area contributed by atoms with Crippen LogP contribution in [0.3, 0.4) is 0 Å². The number of morpholine rings is 2.